The maximum absolute atomic E-state index is 11.9. The van der Waals surface area contributed by atoms with Gasteiger partial charge in [-0.25, -0.2) is 9.78 Å². The van der Waals surface area contributed by atoms with Crippen molar-refractivity contribution in [1.82, 2.24) is 15.2 Å². The number of carbonyl (C=O) groups is 1. The number of pyridine rings is 1. The van der Waals surface area contributed by atoms with Crippen molar-refractivity contribution >= 4 is 17.0 Å². The molecule has 2 aromatic heterocycles. The minimum absolute atomic E-state index is 0.188. The summed E-state index contributed by atoms with van der Waals surface area (Å²) in [7, 11) is 0. The number of hydrogen-bond acceptors (Lipinski definition) is 3. The van der Waals surface area contributed by atoms with E-state index in [4.69, 9.17) is 0 Å². The van der Waals surface area contributed by atoms with E-state index in [9.17, 15) is 9.90 Å². The molecule has 0 spiro atoms. The van der Waals surface area contributed by atoms with Crippen LogP contribution in [0.5, 0.6) is 0 Å². The molecule has 2 heterocycles. The fraction of sp³-hybridized carbons (Fsp3) is 0.0500. The molecule has 4 rings (SSSR count). The largest absolute Gasteiger partial charge is 0.478 e. The first-order valence-electron chi connectivity index (χ1n) is 7.88. The van der Waals surface area contributed by atoms with Gasteiger partial charge in [0.15, 0.2) is 5.65 Å². The lowest BCUT2D eigenvalue weighted by Crippen LogP contribution is -2.00. The van der Waals surface area contributed by atoms with Crippen LogP contribution in [0.25, 0.3) is 33.5 Å². The highest BCUT2D eigenvalue weighted by Crippen LogP contribution is 2.31. The van der Waals surface area contributed by atoms with Gasteiger partial charge in [-0.3, -0.25) is 5.10 Å². The minimum atomic E-state index is -1.00. The number of carboxylic acids is 1. The number of nitrogens with zero attached hydrogens (tertiary/aromatic N) is 2. The third-order valence-corrected chi connectivity index (χ3v) is 4.16. The summed E-state index contributed by atoms with van der Waals surface area (Å²) in [4.78, 5) is 16.4. The zero-order chi connectivity index (χ0) is 17.4. The summed E-state index contributed by atoms with van der Waals surface area (Å²) in [6.45, 7) is 2.01. The summed E-state index contributed by atoms with van der Waals surface area (Å²) >= 11 is 0. The molecular formula is C20H15N3O2. The molecular weight excluding hydrogens is 314 g/mol. The lowest BCUT2D eigenvalue weighted by Gasteiger charge is -2.06. The van der Waals surface area contributed by atoms with Crippen LogP contribution < -0.4 is 0 Å². The molecule has 2 N–H and O–H groups in total. The van der Waals surface area contributed by atoms with Gasteiger partial charge < -0.3 is 5.11 Å². The highest BCUT2D eigenvalue weighted by atomic mass is 16.4. The van der Waals surface area contributed by atoms with Gasteiger partial charge in [0, 0.05) is 11.1 Å². The molecule has 0 aliphatic carbocycles. The Morgan fingerprint density at radius 3 is 2.40 bits per heavy atom. The SMILES string of the molecule is Cc1ccc(-c2[nH]nc3nc(-c4ccccc4)cc(C(=O)O)c23)cc1. The zero-order valence-corrected chi connectivity index (χ0v) is 13.5. The quantitative estimate of drug-likeness (QED) is 0.587. The van der Waals surface area contributed by atoms with Crippen LogP contribution >= 0.6 is 0 Å². The molecule has 0 atom stereocenters. The molecule has 0 saturated carbocycles. The molecule has 0 unspecified atom stereocenters. The molecule has 5 nitrogen and oxygen atoms in total. The molecule has 0 saturated heterocycles. The number of hydrogen-bond donors (Lipinski definition) is 2. The Labute approximate surface area is 144 Å². The van der Waals surface area contributed by atoms with Gasteiger partial charge in [0.05, 0.1) is 22.3 Å². The number of carboxylic acid groups (broad SMARTS) is 1. The van der Waals surface area contributed by atoms with Gasteiger partial charge in [0.1, 0.15) is 0 Å². The number of aromatic amines is 1. The molecule has 0 fully saturated rings. The van der Waals surface area contributed by atoms with Gasteiger partial charge in [0.25, 0.3) is 0 Å². The first-order chi connectivity index (χ1) is 12.1. The molecule has 0 aliphatic heterocycles. The summed E-state index contributed by atoms with van der Waals surface area (Å²) in [6.07, 6.45) is 0. The first kappa shape index (κ1) is 15.1. The second-order valence-corrected chi connectivity index (χ2v) is 5.89. The van der Waals surface area contributed by atoms with E-state index in [2.05, 4.69) is 15.2 Å². The maximum Gasteiger partial charge on any atom is 0.336 e. The van der Waals surface area contributed by atoms with Gasteiger partial charge in [-0.1, -0.05) is 60.2 Å². The molecule has 0 radical (unpaired) electrons. The van der Waals surface area contributed by atoms with Gasteiger partial charge >= 0.3 is 5.97 Å². The number of fused-ring (bicyclic) bond motifs is 1. The van der Waals surface area contributed by atoms with Crippen molar-refractivity contribution < 1.29 is 9.90 Å². The maximum atomic E-state index is 11.9. The van der Waals surface area contributed by atoms with Crippen LogP contribution in [0.15, 0.2) is 60.7 Å². The van der Waals surface area contributed by atoms with Gasteiger partial charge in [-0.15, -0.1) is 0 Å². The van der Waals surface area contributed by atoms with Crippen LogP contribution in [-0.4, -0.2) is 26.3 Å². The molecule has 4 aromatic rings. The molecule has 2 aromatic carbocycles. The summed E-state index contributed by atoms with van der Waals surface area (Å²) in [5.74, 6) is -1.00. The van der Waals surface area contributed by atoms with Crippen LogP contribution in [-0.2, 0) is 0 Å². The molecule has 25 heavy (non-hydrogen) atoms. The van der Waals surface area contributed by atoms with E-state index in [1.807, 2.05) is 61.5 Å². The standard InChI is InChI=1S/C20H15N3O2/c1-12-7-9-14(10-8-12)18-17-15(20(24)25)11-16(21-19(17)23-22-18)13-5-3-2-4-6-13/h2-11H,1H3,(H,24,25)(H,21,22,23). The predicted octanol–water partition coefficient (Wildman–Crippen LogP) is 4.30. The van der Waals surface area contributed by atoms with Crippen molar-refractivity contribution in [2.75, 3.05) is 0 Å². The van der Waals surface area contributed by atoms with Crippen LogP contribution in [0.4, 0.5) is 0 Å². The van der Waals surface area contributed by atoms with Crippen molar-refractivity contribution in [1.29, 1.82) is 0 Å². The average Bonchev–Trinajstić information content (AvgIpc) is 3.06. The van der Waals surface area contributed by atoms with E-state index in [0.29, 0.717) is 22.4 Å². The van der Waals surface area contributed by atoms with E-state index in [0.717, 1.165) is 16.7 Å². The van der Waals surface area contributed by atoms with E-state index >= 15 is 0 Å². The fourth-order valence-electron chi connectivity index (χ4n) is 2.88. The average molecular weight is 329 g/mol. The monoisotopic (exact) mass is 329 g/mol. The Kier molecular flexibility index (Phi) is 3.54. The topological polar surface area (TPSA) is 78.9 Å². The van der Waals surface area contributed by atoms with E-state index in [1.165, 1.54) is 0 Å². The number of rotatable bonds is 3. The lowest BCUT2D eigenvalue weighted by molar-refractivity contribution is 0.0699. The smallest absolute Gasteiger partial charge is 0.336 e. The van der Waals surface area contributed by atoms with E-state index in [-0.39, 0.29) is 5.56 Å². The van der Waals surface area contributed by atoms with Crippen LogP contribution in [0.1, 0.15) is 15.9 Å². The molecule has 0 bridgehead atoms. The molecule has 0 amide bonds. The summed E-state index contributed by atoms with van der Waals surface area (Å²) in [6, 6.07) is 18.9. The number of benzene rings is 2. The number of aromatic carboxylic acids is 1. The van der Waals surface area contributed by atoms with E-state index in [1.54, 1.807) is 6.07 Å². The van der Waals surface area contributed by atoms with Crippen LogP contribution in [0.3, 0.4) is 0 Å². The van der Waals surface area contributed by atoms with E-state index < -0.39 is 5.97 Å². The second-order valence-electron chi connectivity index (χ2n) is 5.89. The normalized spacial score (nSPS) is 10.9. The minimum Gasteiger partial charge on any atom is -0.478 e. The summed E-state index contributed by atoms with van der Waals surface area (Å²) in [5.41, 5.74) is 4.71. The van der Waals surface area contributed by atoms with Crippen molar-refractivity contribution in [3.8, 4) is 22.5 Å². The fourth-order valence-corrected chi connectivity index (χ4v) is 2.88. The number of nitrogens with one attached hydrogen (secondary N) is 1. The Morgan fingerprint density at radius 2 is 1.72 bits per heavy atom. The molecule has 0 aliphatic rings. The Bertz CT molecular complexity index is 1070. The van der Waals surface area contributed by atoms with Gasteiger partial charge in [0.2, 0.25) is 0 Å². The number of aromatic nitrogens is 3. The molecule has 122 valence electrons. The highest BCUT2D eigenvalue weighted by molar-refractivity contribution is 6.08. The number of H-pyrrole nitrogens is 1. The summed E-state index contributed by atoms with van der Waals surface area (Å²) in [5, 5.41) is 17.4. The van der Waals surface area contributed by atoms with Crippen LogP contribution in [0.2, 0.25) is 0 Å². The Balaban J connectivity index is 1.97. The van der Waals surface area contributed by atoms with Crippen molar-refractivity contribution in [3.05, 3.63) is 71.8 Å². The lowest BCUT2D eigenvalue weighted by atomic mass is 10.0. The van der Waals surface area contributed by atoms with Crippen LogP contribution in [0, 0.1) is 6.92 Å². The predicted molar refractivity (Wildman–Crippen MR) is 96.5 cm³/mol. The third kappa shape index (κ3) is 2.65. The zero-order valence-electron chi connectivity index (χ0n) is 13.5. The third-order valence-electron chi connectivity index (χ3n) is 4.16. The highest BCUT2D eigenvalue weighted by Gasteiger charge is 2.19. The molecule has 5 heteroatoms. The summed E-state index contributed by atoms with van der Waals surface area (Å²) < 4.78 is 0. The van der Waals surface area contributed by atoms with Gasteiger partial charge in [-0.05, 0) is 13.0 Å². The first-order valence-corrected chi connectivity index (χ1v) is 7.88. The Morgan fingerprint density at radius 1 is 1.00 bits per heavy atom. The second kappa shape index (κ2) is 5.87. The van der Waals surface area contributed by atoms with Crippen molar-refractivity contribution in [3.63, 3.8) is 0 Å². The number of aryl methyl sites for hydroxylation is 1. The Hall–Kier alpha value is -3.47. The van der Waals surface area contributed by atoms with Crippen molar-refractivity contribution in [2.24, 2.45) is 0 Å². The van der Waals surface area contributed by atoms with Crippen molar-refractivity contribution in [2.45, 2.75) is 6.92 Å². The van der Waals surface area contributed by atoms with Gasteiger partial charge in [-0.2, -0.15) is 5.10 Å².